The van der Waals surface area contributed by atoms with E-state index in [1.54, 1.807) is 24.4 Å². The summed E-state index contributed by atoms with van der Waals surface area (Å²) in [5.74, 6) is -3.06. The molecular weight excluding hydrogens is 350 g/mol. The fourth-order valence-electron chi connectivity index (χ4n) is 2.45. The van der Waals surface area contributed by atoms with Gasteiger partial charge in [-0.3, -0.25) is 5.32 Å². The molecule has 0 unspecified atom stereocenters. The highest BCUT2D eigenvalue weighted by molar-refractivity contribution is 7.88. The summed E-state index contributed by atoms with van der Waals surface area (Å²) in [5.41, 5.74) is 2.26. The molecule has 0 saturated heterocycles. The number of nitrogens with one attached hydrogen (secondary N) is 3. The van der Waals surface area contributed by atoms with Crippen molar-refractivity contribution in [3.63, 3.8) is 0 Å². The molecule has 1 aromatic carbocycles. The summed E-state index contributed by atoms with van der Waals surface area (Å²) >= 11 is 0. The quantitative estimate of drug-likeness (QED) is 0.387. The monoisotopic (exact) mass is 369 g/mol. The van der Waals surface area contributed by atoms with Gasteiger partial charge < -0.3 is 15.2 Å². The van der Waals surface area contributed by atoms with Crippen LogP contribution in [0.2, 0.25) is 0 Å². The smallest absolute Gasteiger partial charge is 0.332 e. The van der Waals surface area contributed by atoms with Crippen molar-refractivity contribution in [1.82, 2.24) is 15.0 Å². The van der Waals surface area contributed by atoms with E-state index < -0.39 is 28.0 Å². The van der Waals surface area contributed by atoms with Crippen molar-refractivity contribution < 1.29 is 28.2 Å². The number of aromatic nitrogens is 1. The average Bonchev–Trinajstić information content (AvgIpc) is 2.93. The minimum absolute atomic E-state index is 0.148. The Balaban J connectivity index is 2.13. The molecule has 1 aromatic heterocycles. The molecule has 1 heterocycles. The van der Waals surface area contributed by atoms with E-state index in [0.29, 0.717) is 12.0 Å². The largest absolute Gasteiger partial charge is 0.480 e. The maximum atomic E-state index is 11.7. The molecule has 0 aliphatic rings. The number of H-pyrrole nitrogens is 1. The molecule has 136 valence electrons. The lowest BCUT2D eigenvalue weighted by Gasteiger charge is -2.09. The second kappa shape index (κ2) is 7.64. The molecule has 25 heavy (non-hydrogen) atoms. The van der Waals surface area contributed by atoms with Crippen LogP contribution in [-0.4, -0.2) is 55.2 Å². The molecule has 2 rings (SSSR count). The molecule has 0 amide bonds. The number of hydrogen-bond donors (Lipinski definition) is 5. The van der Waals surface area contributed by atoms with Crippen LogP contribution in [0, 0.1) is 0 Å². The number of hydrogen-bond acceptors (Lipinski definition) is 5. The molecule has 0 spiro atoms. The van der Waals surface area contributed by atoms with Gasteiger partial charge in [0.05, 0.1) is 5.75 Å². The lowest BCUT2D eigenvalue weighted by Crippen LogP contribution is -2.44. The zero-order valence-electron chi connectivity index (χ0n) is 13.4. The van der Waals surface area contributed by atoms with Crippen molar-refractivity contribution in [2.24, 2.45) is 0 Å². The van der Waals surface area contributed by atoms with Crippen LogP contribution < -0.4 is 10.0 Å². The number of carboxylic acid groups (broad SMARTS) is 2. The highest BCUT2D eigenvalue weighted by Crippen LogP contribution is 2.21. The highest BCUT2D eigenvalue weighted by Gasteiger charge is 2.24. The first-order valence-corrected chi connectivity index (χ1v) is 9.08. The van der Waals surface area contributed by atoms with Gasteiger partial charge in [-0.15, -0.1) is 0 Å². The van der Waals surface area contributed by atoms with Crippen LogP contribution in [0.3, 0.4) is 0 Å². The van der Waals surface area contributed by atoms with Crippen molar-refractivity contribution in [1.29, 1.82) is 0 Å². The lowest BCUT2D eigenvalue weighted by molar-refractivity contribution is -0.151. The molecule has 9 nitrogen and oxygen atoms in total. The minimum atomic E-state index is -3.39. The van der Waals surface area contributed by atoms with E-state index >= 15 is 0 Å². The summed E-state index contributed by atoms with van der Waals surface area (Å²) in [6.45, 7) is 0.148. The Morgan fingerprint density at radius 3 is 2.52 bits per heavy atom. The minimum Gasteiger partial charge on any atom is -0.480 e. The number of fused-ring (bicyclic) bond motifs is 1. The van der Waals surface area contributed by atoms with Crippen molar-refractivity contribution in [2.45, 2.75) is 18.2 Å². The SMILES string of the molecule is CNS(=O)(=O)Cc1ccc2[nH]cc(CCNC(C(=O)O)C(=O)O)c2c1. The number of sulfonamides is 1. The first kappa shape index (κ1) is 18.9. The predicted octanol–water partition coefficient (Wildman–Crippen LogP) is -0.113. The molecule has 0 aliphatic heterocycles. The van der Waals surface area contributed by atoms with Crippen molar-refractivity contribution in [2.75, 3.05) is 13.6 Å². The van der Waals surface area contributed by atoms with Crippen molar-refractivity contribution in [3.05, 3.63) is 35.5 Å². The van der Waals surface area contributed by atoms with E-state index in [1.807, 2.05) is 0 Å². The first-order valence-electron chi connectivity index (χ1n) is 7.42. The molecule has 0 aliphatic carbocycles. The topological polar surface area (TPSA) is 149 Å². The third-order valence-corrected chi connectivity index (χ3v) is 5.07. The van der Waals surface area contributed by atoms with Crippen LogP contribution in [0.25, 0.3) is 10.9 Å². The molecule has 0 atom stereocenters. The number of rotatable bonds is 9. The van der Waals surface area contributed by atoms with Crippen LogP contribution in [0.5, 0.6) is 0 Å². The molecule has 0 radical (unpaired) electrons. The summed E-state index contributed by atoms with van der Waals surface area (Å²) in [5, 5.41) is 20.9. The van der Waals surface area contributed by atoms with E-state index in [1.165, 1.54) is 7.05 Å². The maximum Gasteiger partial charge on any atom is 0.332 e. The van der Waals surface area contributed by atoms with Crippen molar-refractivity contribution >= 4 is 32.9 Å². The molecule has 0 fully saturated rings. The molecule has 2 aromatic rings. The second-order valence-electron chi connectivity index (χ2n) is 5.47. The Labute approximate surface area is 144 Å². The Morgan fingerprint density at radius 1 is 1.24 bits per heavy atom. The van der Waals surface area contributed by atoms with Gasteiger partial charge in [-0.1, -0.05) is 6.07 Å². The fourth-order valence-corrected chi connectivity index (χ4v) is 3.21. The van der Waals surface area contributed by atoms with Gasteiger partial charge in [0.15, 0.2) is 0 Å². The van der Waals surface area contributed by atoms with E-state index in [9.17, 15) is 18.0 Å². The lowest BCUT2D eigenvalue weighted by atomic mass is 10.1. The number of carbonyl (C=O) groups is 2. The predicted molar refractivity (Wildman–Crippen MR) is 90.7 cm³/mol. The molecule has 5 N–H and O–H groups in total. The second-order valence-corrected chi connectivity index (χ2v) is 7.40. The average molecular weight is 369 g/mol. The Bertz CT molecular complexity index is 876. The first-order chi connectivity index (χ1) is 11.7. The fraction of sp³-hybridized carbons (Fsp3) is 0.333. The summed E-state index contributed by atoms with van der Waals surface area (Å²) in [6, 6.07) is 3.56. The Hall–Kier alpha value is -2.43. The molecule has 0 saturated carbocycles. The van der Waals surface area contributed by atoms with Gasteiger partial charge in [0.2, 0.25) is 16.1 Å². The molecule has 0 bridgehead atoms. The number of carboxylic acids is 2. The molecular formula is C15H19N3O6S. The zero-order valence-corrected chi connectivity index (χ0v) is 14.3. The zero-order chi connectivity index (χ0) is 18.6. The summed E-state index contributed by atoms with van der Waals surface area (Å²) in [4.78, 5) is 24.7. The highest BCUT2D eigenvalue weighted by atomic mass is 32.2. The number of benzene rings is 1. The number of aliphatic carboxylic acids is 2. The third-order valence-electron chi connectivity index (χ3n) is 3.74. The van der Waals surface area contributed by atoms with Gasteiger partial charge in [0.25, 0.3) is 0 Å². The molecule has 10 heteroatoms. The van der Waals surface area contributed by atoms with Crippen LogP contribution in [-0.2, 0) is 31.8 Å². The maximum absolute atomic E-state index is 11.7. The Kier molecular flexibility index (Phi) is 5.77. The summed E-state index contributed by atoms with van der Waals surface area (Å²) in [7, 11) is -2.04. The van der Waals surface area contributed by atoms with E-state index in [-0.39, 0.29) is 12.3 Å². The van der Waals surface area contributed by atoms with E-state index in [0.717, 1.165) is 16.5 Å². The van der Waals surface area contributed by atoms with Crippen LogP contribution in [0.15, 0.2) is 24.4 Å². The summed E-state index contributed by atoms with van der Waals surface area (Å²) < 4.78 is 25.6. The van der Waals surface area contributed by atoms with Gasteiger partial charge in [-0.2, -0.15) is 0 Å². The normalized spacial score (nSPS) is 11.9. The van der Waals surface area contributed by atoms with Gasteiger partial charge in [-0.05, 0) is 36.7 Å². The van der Waals surface area contributed by atoms with Gasteiger partial charge in [-0.25, -0.2) is 22.7 Å². The number of aromatic amines is 1. The van der Waals surface area contributed by atoms with Crippen LogP contribution in [0.4, 0.5) is 0 Å². The van der Waals surface area contributed by atoms with Gasteiger partial charge in [0, 0.05) is 23.6 Å². The summed E-state index contributed by atoms with van der Waals surface area (Å²) in [6.07, 6.45) is 2.12. The standard InChI is InChI=1S/C15H19N3O6S/c1-16-25(23,24)8-9-2-3-12-11(6-9)10(7-18-12)4-5-17-13(14(19)20)15(21)22/h2-3,6-7,13,16-18H,4-5,8H2,1H3,(H,19,20)(H,21,22). The third kappa shape index (κ3) is 4.78. The van der Waals surface area contributed by atoms with Crippen LogP contribution in [0.1, 0.15) is 11.1 Å². The van der Waals surface area contributed by atoms with E-state index in [2.05, 4.69) is 15.0 Å². The van der Waals surface area contributed by atoms with Gasteiger partial charge >= 0.3 is 11.9 Å². The van der Waals surface area contributed by atoms with Crippen molar-refractivity contribution in [3.8, 4) is 0 Å². The van der Waals surface area contributed by atoms with Crippen LogP contribution >= 0.6 is 0 Å². The van der Waals surface area contributed by atoms with Gasteiger partial charge in [0.1, 0.15) is 0 Å². The van der Waals surface area contributed by atoms with E-state index in [4.69, 9.17) is 10.2 Å². The Morgan fingerprint density at radius 2 is 1.92 bits per heavy atom.